The first kappa shape index (κ1) is 19.8. The molecule has 2 atom stereocenters. The van der Waals surface area contributed by atoms with Crippen LogP contribution in [0.5, 0.6) is 0 Å². The molecule has 0 bridgehead atoms. The summed E-state index contributed by atoms with van der Waals surface area (Å²) in [6.45, 7) is 0.807. The van der Waals surface area contributed by atoms with Crippen LogP contribution in [0.4, 0.5) is 13.2 Å². The molecule has 0 radical (unpaired) electrons. The van der Waals surface area contributed by atoms with E-state index in [2.05, 4.69) is 5.32 Å². The van der Waals surface area contributed by atoms with Gasteiger partial charge in [0.05, 0.1) is 11.7 Å². The van der Waals surface area contributed by atoms with Crippen molar-refractivity contribution in [3.63, 3.8) is 0 Å². The third-order valence-electron chi connectivity index (χ3n) is 5.39. The van der Waals surface area contributed by atoms with Crippen LogP contribution in [0.3, 0.4) is 0 Å². The fraction of sp³-hybridized carbons (Fsp3) is 0.333. The lowest BCUT2D eigenvalue weighted by molar-refractivity contribution is -0.137. The molecule has 1 fully saturated rings. The van der Waals surface area contributed by atoms with Crippen molar-refractivity contribution >= 4 is 44.7 Å². The van der Waals surface area contributed by atoms with Crippen LogP contribution in [0.2, 0.25) is 10.0 Å². The monoisotopic (exact) mass is 427 g/mol. The first-order chi connectivity index (χ1) is 13.3. The molecule has 148 valence electrons. The predicted octanol–water partition coefficient (Wildman–Crippen LogP) is 6.49. The molecular weight excluding hydrogens is 410 g/mol. The van der Waals surface area contributed by atoms with Gasteiger partial charge >= 0.3 is 6.18 Å². The van der Waals surface area contributed by atoms with E-state index < -0.39 is 17.8 Å². The van der Waals surface area contributed by atoms with E-state index in [0.717, 1.165) is 37.9 Å². The van der Waals surface area contributed by atoms with E-state index in [0.29, 0.717) is 37.2 Å². The molecule has 3 aromatic carbocycles. The molecule has 0 amide bonds. The van der Waals surface area contributed by atoms with Crippen molar-refractivity contribution in [3.05, 3.63) is 57.6 Å². The Balaban J connectivity index is 2.01. The summed E-state index contributed by atoms with van der Waals surface area (Å²) in [5.41, 5.74) is -0.181. The molecule has 1 saturated heterocycles. The summed E-state index contributed by atoms with van der Waals surface area (Å²) in [7, 11) is 0. The minimum Gasteiger partial charge on any atom is -0.387 e. The Morgan fingerprint density at radius 3 is 2.39 bits per heavy atom. The van der Waals surface area contributed by atoms with E-state index in [1.54, 1.807) is 18.2 Å². The largest absolute Gasteiger partial charge is 0.416 e. The van der Waals surface area contributed by atoms with Crippen molar-refractivity contribution in [3.8, 4) is 0 Å². The summed E-state index contributed by atoms with van der Waals surface area (Å²) in [6, 6.07) is 8.36. The summed E-state index contributed by atoms with van der Waals surface area (Å²) >= 11 is 12.5. The zero-order chi connectivity index (χ0) is 20.1. The summed E-state index contributed by atoms with van der Waals surface area (Å²) in [4.78, 5) is 0. The van der Waals surface area contributed by atoms with Crippen LogP contribution in [0.15, 0.2) is 36.4 Å². The summed E-state index contributed by atoms with van der Waals surface area (Å²) in [5, 5.41) is 17.1. The van der Waals surface area contributed by atoms with Crippen molar-refractivity contribution < 1.29 is 18.3 Å². The summed E-state index contributed by atoms with van der Waals surface area (Å²) in [5.74, 6) is 0. The van der Waals surface area contributed by atoms with Gasteiger partial charge in [-0.1, -0.05) is 35.7 Å². The van der Waals surface area contributed by atoms with Crippen LogP contribution >= 0.6 is 23.2 Å². The van der Waals surface area contributed by atoms with Gasteiger partial charge in [-0.05, 0) is 71.4 Å². The molecule has 1 aliphatic rings. The molecule has 0 spiro atoms. The van der Waals surface area contributed by atoms with Crippen molar-refractivity contribution in [1.82, 2.24) is 5.32 Å². The van der Waals surface area contributed by atoms with Crippen LogP contribution in [0.25, 0.3) is 21.5 Å². The normalized spacial score (nSPS) is 19.3. The van der Waals surface area contributed by atoms with E-state index in [1.807, 2.05) is 0 Å². The standard InChI is InChI=1S/C21H18Cl2F3NO/c22-12-8-15-14-7-11(21(24,25)26)4-5-13(14)17(10-16(15)18(23)9-12)20(28)19-3-1-2-6-27-19/h4-5,7-10,19-20,27-28H,1-3,6H2/t19-,20+/m0/s1. The number of halogens is 5. The average Bonchev–Trinajstić information content (AvgIpc) is 2.66. The van der Waals surface area contributed by atoms with Gasteiger partial charge in [-0.25, -0.2) is 0 Å². The highest BCUT2D eigenvalue weighted by Crippen LogP contribution is 2.41. The number of rotatable bonds is 2. The maximum absolute atomic E-state index is 13.3. The highest BCUT2D eigenvalue weighted by Gasteiger charge is 2.31. The van der Waals surface area contributed by atoms with Crippen LogP contribution in [0, 0.1) is 0 Å². The Kier molecular flexibility index (Phi) is 5.21. The number of hydrogen-bond acceptors (Lipinski definition) is 2. The van der Waals surface area contributed by atoms with E-state index in [-0.39, 0.29) is 6.04 Å². The minimum absolute atomic E-state index is 0.150. The van der Waals surface area contributed by atoms with Gasteiger partial charge in [-0.3, -0.25) is 0 Å². The average molecular weight is 428 g/mol. The molecule has 0 aromatic heterocycles. The summed E-state index contributed by atoms with van der Waals surface area (Å²) < 4.78 is 39.9. The van der Waals surface area contributed by atoms with E-state index in [9.17, 15) is 18.3 Å². The number of nitrogens with one attached hydrogen (secondary N) is 1. The first-order valence-electron chi connectivity index (χ1n) is 9.10. The molecule has 0 aliphatic carbocycles. The molecule has 3 aromatic rings. The zero-order valence-electron chi connectivity index (χ0n) is 14.8. The van der Waals surface area contributed by atoms with Crippen LogP contribution in [0.1, 0.15) is 36.5 Å². The lowest BCUT2D eigenvalue weighted by Crippen LogP contribution is -2.38. The van der Waals surface area contributed by atoms with Gasteiger partial charge in [0.2, 0.25) is 0 Å². The smallest absolute Gasteiger partial charge is 0.387 e. The molecule has 2 N–H and O–H groups in total. The van der Waals surface area contributed by atoms with Crippen LogP contribution < -0.4 is 5.32 Å². The second kappa shape index (κ2) is 7.38. The van der Waals surface area contributed by atoms with E-state index >= 15 is 0 Å². The van der Waals surface area contributed by atoms with Crippen molar-refractivity contribution in [2.75, 3.05) is 6.54 Å². The third-order valence-corrected chi connectivity index (χ3v) is 5.92. The fourth-order valence-electron chi connectivity index (χ4n) is 3.99. The molecule has 0 unspecified atom stereocenters. The number of alkyl halides is 3. The summed E-state index contributed by atoms with van der Waals surface area (Å²) in [6.07, 6.45) is -2.48. The lowest BCUT2D eigenvalue weighted by Gasteiger charge is -2.29. The van der Waals surface area contributed by atoms with Crippen molar-refractivity contribution in [2.45, 2.75) is 37.6 Å². The number of aliphatic hydroxyl groups excluding tert-OH is 1. The molecule has 1 aliphatic heterocycles. The molecule has 28 heavy (non-hydrogen) atoms. The Bertz CT molecular complexity index is 1050. The quantitative estimate of drug-likeness (QED) is 0.457. The number of fused-ring (bicyclic) bond motifs is 3. The highest BCUT2D eigenvalue weighted by molar-refractivity contribution is 6.39. The lowest BCUT2D eigenvalue weighted by atomic mass is 9.88. The maximum Gasteiger partial charge on any atom is 0.416 e. The zero-order valence-corrected chi connectivity index (χ0v) is 16.3. The van der Waals surface area contributed by atoms with Gasteiger partial charge in [0.25, 0.3) is 0 Å². The topological polar surface area (TPSA) is 32.3 Å². The first-order valence-corrected chi connectivity index (χ1v) is 9.85. The van der Waals surface area contributed by atoms with Gasteiger partial charge in [-0.15, -0.1) is 0 Å². The highest BCUT2D eigenvalue weighted by atomic mass is 35.5. The molecule has 4 rings (SSSR count). The van der Waals surface area contributed by atoms with Gasteiger partial charge in [0.1, 0.15) is 0 Å². The second-order valence-corrected chi connectivity index (χ2v) is 8.05. The van der Waals surface area contributed by atoms with E-state index in [4.69, 9.17) is 23.2 Å². The Morgan fingerprint density at radius 2 is 1.71 bits per heavy atom. The van der Waals surface area contributed by atoms with Crippen LogP contribution in [-0.2, 0) is 6.18 Å². The Morgan fingerprint density at radius 1 is 0.964 bits per heavy atom. The van der Waals surface area contributed by atoms with Crippen molar-refractivity contribution in [1.29, 1.82) is 0 Å². The van der Waals surface area contributed by atoms with Gasteiger partial charge in [0, 0.05) is 21.5 Å². The van der Waals surface area contributed by atoms with Gasteiger partial charge in [-0.2, -0.15) is 13.2 Å². The predicted molar refractivity (Wildman–Crippen MR) is 107 cm³/mol. The number of hydrogen-bond donors (Lipinski definition) is 2. The van der Waals surface area contributed by atoms with Gasteiger partial charge in [0.15, 0.2) is 0 Å². The fourth-order valence-corrected chi connectivity index (χ4v) is 4.54. The molecular formula is C21H18Cl2F3NO. The maximum atomic E-state index is 13.3. The van der Waals surface area contributed by atoms with Gasteiger partial charge < -0.3 is 10.4 Å². The molecule has 2 nitrogen and oxygen atoms in total. The number of aliphatic hydroxyl groups is 1. The molecule has 0 saturated carbocycles. The Hall–Kier alpha value is -1.53. The van der Waals surface area contributed by atoms with E-state index in [1.165, 1.54) is 6.07 Å². The number of benzene rings is 3. The molecule has 7 heteroatoms. The SMILES string of the molecule is O[C@H](c1cc2c(Cl)cc(Cl)cc2c2cc(C(F)(F)F)ccc12)[C@@H]1CCCCN1. The Labute approximate surface area is 170 Å². The number of piperidine rings is 1. The van der Waals surface area contributed by atoms with Crippen molar-refractivity contribution in [2.24, 2.45) is 0 Å². The van der Waals surface area contributed by atoms with Crippen LogP contribution in [-0.4, -0.2) is 17.7 Å². The minimum atomic E-state index is -4.47. The second-order valence-electron chi connectivity index (χ2n) is 7.21. The molecule has 1 heterocycles. The third kappa shape index (κ3) is 3.57.